The first kappa shape index (κ1) is 33.8. The Balaban J connectivity index is 1.14. The van der Waals surface area contributed by atoms with Crippen LogP contribution in [0.15, 0.2) is 50.5 Å². The number of hydrogen-bond donors (Lipinski definition) is 1. The number of aromatic nitrogens is 5. The van der Waals surface area contributed by atoms with Gasteiger partial charge in [-0.2, -0.15) is 0 Å². The number of amides is 1. The van der Waals surface area contributed by atoms with E-state index in [1.807, 2.05) is 10.6 Å². The van der Waals surface area contributed by atoms with Crippen molar-refractivity contribution in [2.24, 2.45) is 11.8 Å². The van der Waals surface area contributed by atoms with Crippen molar-refractivity contribution in [3.05, 3.63) is 103 Å². The predicted molar refractivity (Wildman–Crippen MR) is 196 cm³/mol. The predicted octanol–water partition coefficient (Wildman–Crippen LogP) is 5.34. The van der Waals surface area contributed by atoms with Gasteiger partial charge < -0.3 is 19.1 Å². The fraction of sp³-hybridized carbons (Fsp3) is 0.475. The number of aryl methyl sites for hydroxylation is 2. The summed E-state index contributed by atoms with van der Waals surface area (Å²) in [5.74, 6) is 0.696. The molecule has 0 spiro atoms. The van der Waals surface area contributed by atoms with Crippen molar-refractivity contribution in [3.63, 3.8) is 0 Å². The molecular formula is C40H44FN7O5. The average molecular weight is 722 g/mol. The summed E-state index contributed by atoms with van der Waals surface area (Å²) in [5.41, 5.74) is 4.31. The van der Waals surface area contributed by atoms with Gasteiger partial charge in [0.2, 0.25) is 5.95 Å². The van der Waals surface area contributed by atoms with E-state index in [9.17, 15) is 18.8 Å². The minimum absolute atomic E-state index is 0.0759. The minimum Gasteiger partial charge on any atom is -0.381 e. The fourth-order valence-electron chi connectivity index (χ4n) is 9.10. The molecule has 3 atom stereocenters. The third-order valence-electron chi connectivity index (χ3n) is 12.1. The molecule has 12 nitrogen and oxygen atoms in total. The van der Waals surface area contributed by atoms with Gasteiger partial charge in [-0.05, 0) is 111 Å². The van der Waals surface area contributed by atoms with Crippen LogP contribution in [0.25, 0.3) is 16.6 Å². The van der Waals surface area contributed by atoms with Crippen LogP contribution in [0.3, 0.4) is 0 Å². The van der Waals surface area contributed by atoms with Crippen LogP contribution in [0.4, 0.5) is 10.3 Å². The van der Waals surface area contributed by atoms with Gasteiger partial charge >= 0.3 is 5.76 Å². The van der Waals surface area contributed by atoms with Crippen molar-refractivity contribution < 1.29 is 18.4 Å². The molecule has 1 saturated carbocycles. The maximum atomic E-state index is 14.9. The van der Waals surface area contributed by atoms with Gasteiger partial charge in [0.05, 0.1) is 17.9 Å². The highest BCUT2D eigenvalue weighted by molar-refractivity contribution is 5.99. The van der Waals surface area contributed by atoms with Gasteiger partial charge in [-0.3, -0.25) is 19.1 Å². The summed E-state index contributed by atoms with van der Waals surface area (Å²) in [4.78, 5) is 53.4. The summed E-state index contributed by atoms with van der Waals surface area (Å²) in [7, 11) is 0. The lowest BCUT2D eigenvalue weighted by atomic mass is 9.91. The molecule has 6 heterocycles. The second-order valence-corrected chi connectivity index (χ2v) is 15.7. The number of carbonyl (C=O) groups excluding carboxylic acids is 1. The second-order valence-electron chi connectivity index (χ2n) is 15.7. The molecule has 9 rings (SSSR count). The molecule has 13 heteroatoms. The Labute approximate surface area is 305 Å². The van der Waals surface area contributed by atoms with Crippen LogP contribution in [-0.2, 0) is 23.2 Å². The molecule has 5 aromatic rings. The van der Waals surface area contributed by atoms with Crippen molar-refractivity contribution in [1.29, 1.82) is 0 Å². The zero-order valence-corrected chi connectivity index (χ0v) is 30.6. The SMILES string of the molecule is Cc1cc(-n2c(N3CC[C@@H](C)C3)nc3c(c2=O)CCN(C(=O)c2cc4cc(C5CCOCC5)ccc4n2[C@@]2(c4noc(=O)[nH]4)C[C@H]2C)C3)cc(C)c1F. The van der Waals surface area contributed by atoms with Crippen LogP contribution < -0.4 is 16.2 Å². The molecule has 2 aromatic carbocycles. The van der Waals surface area contributed by atoms with E-state index in [1.165, 1.54) is 5.56 Å². The van der Waals surface area contributed by atoms with Gasteiger partial charge in [0.1, 0.15) is 17.1 Å². The summed E-state index contributed by atoms with van der Waals surface area (Å²) < 4.78 is 29.0. The normalized spacial score (nSPS) is 23.2. The summed E-state index contributed by atoms with van der Waals surface area (Å²) in [6, 6.07) is 11.8. The molecule has 0 bridgehead atoms. The van der Waals surface area contributed by atoms with E-state index in [0.717, 1.165) is 56.5 Å². The Morgan fingerprint density at radius 3 is 2.43 bits per heavy atom. The van der Waals surface area contributed by atoms with E-state index < -0.39 is 11.3 Å². The molecule has 1 amide bonds. The van der Waals surface area contributed by atoms with Crippen molar-refractivity contribution in [2.75, 3.05) is 37.7 Å². The molecule has 1 aliphatic carbocycles. The number of halogens is 1. The highest BCUT2D eigenvalue weighted by Crippen LogP contribution is 2.56. The second kappa shape index (κ2) is 12.5. The average Bonchev–Trinajstić information content (AvgIpc) is 3.53. The van der Waals surface area contributed by atoms with Crippen molar-refractivity contribution in [1.82, 2.24) is 29.2 Å². The monoisotopic (exact) mass is 721 g/mol. The van der Waals surface area contributed by atoms with Crippen molar-refractivity contribution >= 4 is 22.8 Å². The number of ether oxygens (including phenoxy) is 1. The van der Waals surface area contributed by atoms with Gasteiger partial charge in [0.15, 0.2) is 5.82 Å². The molecule has 3 aliphatic heterocycles. The Morgan fingerprint density at radius 1 is 1.02 bits per heavy atom. The summed E-state index contributed by atoms with van der Waals surface area (Å²) >= 11 is 0. The molecule has 2 saturated heterocycles. The number of rotatable bonds is 6. The van der Waals surface area contributed by atoms with E-state index in [1.54, 1.807) is 35.4 Å². The van der Waals surface area contributed by atoms with E-state index in [-0.39, 0.29) is 29.7 Å². The molecular weight excluding hydrogens is 677 g/mol. The maximum Gasteiger partial charge on any atom is 0.438 e. The molecule has 0 unspecified atom stereocenters. The van der Waals surface area contributed by atoms with Crippen LogP contribution in [0.5, 0.6) is 0 Å². The molecule has 53 heavy (non-hydrogen) atoms. The van der Waals surface area contributed by atoms with Crippen LogP contribution in [0, 0.1) is 31.5 Å². The third kappa shape index (κ3) is 5.45. The molecule has 1 N–H and O–H groups in total. The number of aromatic amines is 1. The summed E-state index contributed by atoms with van der Waals surface area (Å²) in [6.45, 7) is 11.1. The lowest BCUT2D eigenvalue weighted by molar-refractivity contribution is 0.0717. The number of nitrogens with one attached hydrogen (secondary N) is 1. The fourth-order valence-corrected chi connectivity index (χ4v) is 9.10. The minimum atomic E-state index is -0.760. The zero-order chi connectivity index (χ0) is 36.8. The van der Waals surface area contributed by atoms with Gasteiger partial charge in [-0.25, -0.2) is 18.7 Å². The maximum absolute atomic E-state index is 14.9. The van der Waals surface area contributed by atoms with E-state index in [4.69, 9.17) is 14.2 Å². The lowest BCUT2D eigenvalue weighted by Crippen LogP contribution is -2.43. The number of carbonyl (C=O) groups is 1. The number of H-pyrrole nitrogens is 1. The van der Waals surface area contributed by atoms with Crippen LogP contribution in [-0.4, -0.2) is 67.9 Å². The number of hydrogen-bond acceptors (Lipinski definition) is 8. The van der Waals surface area contributed by atoms with E-state index >= 15 is 0 Å². The largest absolute Gasteiger partial charge is 0.438 e. The number of benzene rings is 2. The zero-order valence-electron chi connectivity index (χ0n) is 30.6. The van der Waals surface area contributed by atoms with E-state index in [2.05, 4.69) is 47.1 Å². The topological polar surface area (TPSA) is 131 Å². The summed E-state index contributed by atoms with van der Waals surface area (Å²) in [5, 5.41) is 5.07. The Morgan fingerprint density at radius 2 is 1.77 bits per heavy atom. The van der Waals surface area contributed by atoms with Gasteiger partial charge in [-0.1, -0.05) is 25.1 Å². The smallest absolute Gasteiger partial charge is 0.381 e. The summed E-state index contributed by atoms with van der Waals surface area (Å²) in [6.07, 6.45) is 3.86. The lowest BCUT2D eigenvalue weighted by Gasteiger charge is -2.31. The van der Waals surface area contributed by atoms with Crippen molar-refractivity contribution in [2.45, 2.75) is 77.8 Å². The molecule has 4 aliphatic rings. The highest BCUT2D eigenvalue weighted by atomic mass is 19.1. The molecule has 3 aromatic heterocycles. The van der Waals surface area contributed by atoms with Gasteiger partial charge in [0, 0.05) is 49.3 Å². The first-order chi connectivity index (χ1) is 25.5. The molecule has 3 fully saturated rings. The first-order valence-corrected chi connectivity index (χ1v) is 18.8. The Hall–Kier alpha value is -5.04. The molecule has 0 radical (unpaired) electrons. The third-order valence-corrected chi connectivity index (χ3v) is 12.1. The highest BCUT2D eigenvalue weighted by Gasteiger charge is 2.59. The number of anilines is 1. The Bertz CT molecular complexity index is 2380. The van der Waals surface area contributed by atoms with Crippen LogP contribution >= 0.6 is 0 Å². The first-order valence-electron chi connectivity index (χ1n) is 18.8. The van der Waals surface area contributed by atoms with Crippen LogP contribution in [0.1, 0.15) is 89.7 Å². The van der Waals surface area contributed by atoms with Gasteiger partial charge in [-0.15, -0.1) is 0 Å². The number of fused-ring (bicyclic) bond motifs is 2. The standard InChI is InChI=1S/C40H44FN7O5/c1-22-7-11-46(20-22)38-42-31-21-45(12-8-30(31)35(49)47(38)29-15-23(2)34(41)24(3)16-29)36(50)33-18-28-17-27(26-9-13-52-14-10-26)5-6-32(28)48(33)40(19-25(40)4)37-43-39(51)53-44-37/h5-6,15-18,22,25-26H,7-14,19-21H2,1-4H3,(H,43,44,51)/t22-,25-,40+/m1/s1. The van der Waals surface area contributed by atoms with E-state index in [0.29, 0.717) is 76.8 Å². The van der Waals surface area contributed by atoms with Gasteiger partial charge in [0.25, 0.3) is 11.5 Å². The number of nitrogens with zero attached hydrogens (tertiary/aromatic N) is 6. The quantitative estimate of drug-likeness (QED) is 0.249. The van der Waals surface area contributed by atoms with Crippen molar-refractivity contribution in [3.8, 4) is 5.69 Å². The molecule has 276 valence electrons. The van der Waals surface area contributed by atoms with Crippen LogP contribution in [0.2, 0.25) is 0 Å². The Kier molecular flexibility index (Phi) is 7.99.